The van der Waals surface area contributed by atoms with Gasteiger partial charge < -0.3 is 5.32 Å². The van der Waals surface area contributed by atoms with E-state index < -0.39 is 23.1 Å². The van der Waals surface area contributed by atoms with Crippen LogP contribution in [0, 0.1) is 18.6 Å². The van der Waals surface area contributed by atoms with Crippen LogP contribution in [0.1, 0.15) is 16.1 Å². The number of pyridine rings is 1. The largest absolute Gasteiger partial charge is 0.322 e. The zero-order chi connectivity index (χ0) is 23.8. The van der Waals surface area contributed by atoms with E-state index in [1.807, 2.05) is 31.2 Å². The molecule has 168 valence electrons. The van der Waals surface area contributed by atoms with Gasteiger partial charge in [0.05, 0.1) is 16.8 Å². The van der Waals surface area contributed by atoms with Gasteiger partial charge in [-0.15, -0.1) is 0 Å². The molecule has 9 heteroatoms. The van der Waals surface area contributed by atoms with Crippen molar-refractivity contribution < 1.29 is 13.6 Å². The third kappa shape index (κ3) is 3.88. The van der Waals surface area contributed by atoms with E-state index in [0.717, 1.165) is 28.9 Å². The van der Waals surface area contributed by atoms with E-state index in [1.165, 1.54) is 6.07 Å². The summed E-state index contributed by atoms with van der Waals surface area (Å²) in [6.45, 7) is 1.93. The number of rotatable bonds is 4. The molecule has 1 N–H and O–H groups in total. The van der Waals surface area contributed by atoms with Crippen LogP contribution in [0.15, 0.2) is 72.9 Å². The van der Waals surface area contributed by atoms with Crippen LogP contribution in [0.25, 0.3) is 28.0 Å². The number of hydrogen-bond donors (Lipinski definition) is 1. The van der Waals surface area contributed by atoms with Gasteiger partial charge in [0.2, 0.25) is 5.28 Å². The molecule has 5 aromatic rings. The van der Waals surface area contributed by atoms with Gasteiger partial charge in [-0.1, -0.05) is 24.3 Å². The van der Waals surface area contributed by atoms with E-state index in [-0.39, 0.29) is 5.28 Å². The molecule has 0 spiro atoms. The summed E-state index contributed by atoms with van der Waals surface area (Å²) in [6, 6.07) is 17.6. The van der Waals surface area contributed by atoms with Crippen LogP contribution in [0.3, 0.4) is 0 Å². The summed E-state index contributed by atoms with van der Waals surface area (Å²) in [4.78, 5) is 20.9. The fraction of sp³-hybridized carbons (Fsp3) is 0.0400. The van der Waals surface area contributed by atoms with E-state index >= 15 is 0 Å². The average molecular weight is 476 g/mol. The number of halogens is 3. The Morgan fingerprint density at radius 2 is 1.74 bits per heavy atom. The molecule has 0 aliphatic heterocycles. The highest BCUT2D eigenvalue weighted by Gasteiger charge is 2.20. The lowest BCUT2D eigenvalue weighted by molar-refractivity contribution is 0.101. The number of nitrogens with zero attached hydrogens (tertiary/aromatic N) is 4. The van der Waals surface area contributed by atoms with Gasteiger partial charge in [0, 0.05) is 23.1 Å². The molecule has 0 saturated carbocycles. The standard InChI is InChI=1S/C25H16ClF2N5O/c1-14-5-2-10-20-22(19-11-12-29-25(26)31-19)23(32-33(14)20)15-6-3-7-16(13-15)30-24(34)21-17(27)8-4-9-18(21)28/h2-13H,1H3,(H,30,34). The molecule has 0 fully saturated rings. The van der Waals surface area contributed by atoms with Crippen molar-refractivity contribution in [1.29, 1.82) is 0 Å². The first kappa shape index (κ1) is 21.7. The third-order valence-corrected chi connectivity index (χ3v) is 5.49. The number of aryl methyl sites for hydroxylation is 1. The molecular weight excluding hydrogens is 460 g/mol. The summed E-state index contributed by atoms with van der Waals surface area (Å²) in [7, 11) is 0. The molecular formula is C25H16ClF2N5O. The number of fused-ring (bicyclic) bond motifs is 1. The number of nitrogens with one attached hydrogen (secondary N) is 1. The summed E-state index contributed by atoms with van der Waals surface area (Å²) in [5, 5.41) is 7.44. The van der Waals surface area contributed by atoms with E-state index in [2.05, 4.69) is 15.3 Å². The number of hydrogen-bond acceptors (Lipinski definition) is 4. The minimum atomic E-state index is -0.938. The van der Waals surface area contributed by atoms with Crippen LogP contribution < -0.4 is 5.32 Å². The molecule has 0 bridgehead atoms. The number of aromatic nitrogens is 4. The predicted octanol–water partition coefficient (Wildman–Crippen LogP) is 5.95. The normalized spacial score (nSPS) is 11.1. The van der Waals surface area contributed by atoms with Crippen molar-refractivity contribution in [2.24, 2.45) is 0 Å². The van der Waals surface area contributed by atoms with Gasteiger partial charge in [-0.25, -0.2) is 23.3 Å². The Kier molecular flexibility index (Phi) is 5.51. The first-order chi connectivity index (χ1) is 16.4. The average Bonchev–Trinajstić information content (AvgIpc) is 3.20. The summed E-state index contributed by atoms with van der Waals surface area (Å²) >= 11 is 6.05. The molecule has 5 rings (SSSR count). The van der Waals surface area contributed by atoms with E-state index in [4.69, 9.17) is 16.7 Å². The highest BCUT2D eigenvalue weighted by atomic mass is 35.5. The van der Waals surface area contributed by atoms with Crippen molar-refractivity contribution in [2.45, 2.75) is 6.92 Å². The van der Waals surface area contributed by atoms with Crippen LogP contribution in [-0.2, 0) is 0 Å². The smallest absolute Gasteiger partial charge is 0.261 e. The molecule has 0 atom stereocenters. The molecule has 6 nitrogen and oxygen atoms in total. The van der Waals surface area contributed by atoms with Crippen LogP contribution in [0.2, 0.25) is 5.28 Å². The molecule has 0 unspecified atom stereocenters. The zero-order valence-corrected chi connectivity index (χ0v) is 18.5. The maximum atomic E-state index is 14.0. The van der Waals surface area contributed by atoms with Crippen LogP contribution in [0.4, 0.5) is 14.5 Å². The Morgan fingerprint density at radius 3 is 2.50 bits per heavy atom. The van der Waals surface area contributed by atoms with Crippen molar-refractivity contribution >= 4 is 28.7 Å². The quantitative estimate of drug-likeness (QED) is 0.326. The number of amides is 1. The highest BCUT2D eigenvalue weighted by molar-refractivity contribution is 6.28. The predicted molar refractivity (Wildman–Crippen MR) is 126 cm³/mol. The second kappa shape index (κ2) is 8.64. The topological polar surface area (TPSA) is 72.2 Å². The Bertz CT molecular complexity index is 1550. The maximum Gasteiger partial charge on any atom is 0.261 e. The lowest BCUT2D eigenvalue weighted by Crippen LogP contribution is -2.15. The SMILES string of the molecule is Cc1cccc2c(-c3ccnc(Cl)n3)c(-c3cccc(NC(=O)c4c(F)cccc4F)c3)nn12. The van der Waals surface area contributed by atoms with Gasteiger partial charge >= 0.3 is 0 Å². The molecule has 2 aromatic carbocycles. The summed E-state index contributed by atoms with van der Waals surface area (Å²) < 4.78 is 29.9. The zero-order valence-electron chi connectivity index (χ0n) is 17.8. The lowest BCUT2D eigenvalue weighted by Gasteiger charge is -2.09. The first-order valence-electron chi connectivity index (χ1n) is 10.3. The van der Waals surface area contributed by atoms with Crippen molar-refractivity contribution in [3.63, 3.8) is 0 Å². The minimum absolute atomic E-state index is 0.100. The molecule has 0 radical (unpaired) electrons. The summed E-state index contributed by atoms with van der Waals surface area (Å²) in [5.74, 6) is -2.76. The van der Waals surface area contributed by atoms with Gasteiger partial charge in [0.15, 0.2) is 0 Å². The van der Waals surface area contributed by atoms with Gasteiger partial charge in [-0.3, -0.25) is 4.79 Å². The summed E-state index contributed by atoms with van der Waals surface area (Å²) in [6.07, 6.45) is 1.56. The lowest BCUT2D eigenvalue weighted by atomic mass is 10.0. The molecule has 1 amide bonds. The molecule has 0 saturated heterocycles. The van der Waals surface area contributed by atoms with Gasteiger partial charge in [0.25, 0.3) is 5.91 Å². The van der Waals surface area contributed by atoms with Crippen molar-refractivity contribution in [3.8, 4) is 22.5 Å². The number of anilines is 1. The monoisotopic (exact) mass is 475 g/mol. The Balaban J connectivity index is 1.61. The molecule has 3 heterocycles. The highest BCUT2D eigenvalue weighted by Crippen LogP contribution is 2.35. The number of benzene rings is 2. The Labute approximate surface area is 197 Å². The second-order valence-electron chi connectivity index (χ2n) is 7.53. The Morgan fingerprint density at radius 1 is 1.00 bits per heavy atom. The van der Waals surface area contributed by atoms with Crippen LogP contribution >= 0.6 is 11.6 Å². The second-order valence-corrected chi connectivity index (χ2v) is 7.87. The summed E-state index contributed by atoms with van der Waals surface area (Å²) in [5.41, 5.74) is 4.00. The van der Waals surface area contributed by atoms with E-state index in [1.54, 1.807) is 35.0 Å². The van der Waals surface area contributed by atoms with Crippen LogP contribution in [0.5, 0.6) is 0 Å². The molecule has 0 aliphatic rings. The minimum Gasteiger partial charge on any atom is -0.322 e. The third-order valence-electron chi connectivity index (χ3n) is 5.31. The van der Waals surface area contributed by atoms with Gasteiger partial charge in [-0.2, -0.15) is 5.10 Å². The first-order valence-corrected chi connectivity index (χ1v) is 10.6. The fourth-order valence-electron chi connectivity index (χ4n) is 3.78. The van der Waals surface area contributed by atoms with Crippen molar-refractivity contribution in [2.75, 3.05) is 5.32 Å². The van der Waals surface area contributed by atoms with Crippen molar-refractivity contribution in [3.05, 3.63) is 101 Å². The van der Waals surface area contributed by atoms with E-state index in [9.17, 15) is 13.6 Å². The maximum absolute atomic E-state index is 14.0. The number of carbonyl (C=O) groups is 1. The van der Waals surface area contributed by atoms with Gasteiger partial charge in [0.1, 0.15) is 22.9 Å². The van der Waals surface area contributed by atoms with Crippen LogP contribution in [-0.4, -0.2) is 25.5 Å². The molecule has 0 aliphatic carbocycles. The molecule has 3 aromatic heterocycles. The number of carbonyl (C=O) groups excluding carboxylic acids is 1. The van der Waals surface area contributed by atoms with Gasteiger partial charge in [-0.05, 0) is 61.0 Å². The Hall–Kier alpha value is -4.17. The van der Waals surface area contributed by atoms with E-state index in [0.29, 0.717) is 22.6 Å². The van der Waals surface area contributed by atoms with Crippen molar-refractivity contribution in [1.82, 2.24) is 19.6 Å². The fourth-order valence-corrected chi connectivity index (χ4v) is 3.93. The molecule has 34 heavy (non-hydrogen) atoms.